The Kier molecular flexibility index (Phi) is 6.30. The minimum absolute atomic E-state index is 0.0503. The molecule has 0 aromatic heterocycles. The van der Waals surface area contributed by atoms with E-state index >= 15 is 0 Å². The second-order valence-electron chi connectivity index (χ2n) is 8.79. The highest BCUT2D eigenvalue weighted by Gasteiger charge is 2.57. The number of rotatable bonds is 9. The highest BCUT2D eigenvalue weighted by Crippen LogP contribution is 2.62. The Morgan fingerprint density at radius 1 is 1.21 bits per heavy atom. The summed E-state index contributed by atoms with van der Waals surface area (Å²) in [6.45, 7) is 4.61. The highest BCUT2D eigenvalue weighted by atomic mass is 32.2. The average molecular weight is 406 g/mol. The number of nitrogens with one attached hydrogen (secondary N) is 1. The van der Waals surface area contributed by atoms with Gasteiger partial charge in [0.2, 0.25) is 10.0 Å². The van der Waals surface area contributed by atoms with Crippen LogP contribution in [0.4, 0.5) is 0 Å². The molecule has 0 aliphatic heterocycles. The van der Waals surface area contributed by atoms with Crippen LogP contribution in [0.5, 0.6) is 0 Å². The molecule has 0 spiro atoms. The first-order chi connectivity index (χ1) is 13.2. The third-order valence-corrected chi connectivity index (χ3v) is 8.32. The molecule has 0 saturated heterocycles. The van der Waals surface area contributed by atoms with Crippen LogP contribution in [0.15, 0.2) is 47.4 Å². The number of fused-ring (bicyclic) bond motifs is 2. The van der Waals surface area contributed by atoms with Gasteiger partial charge in [-0.05, 0) is 67.4 Å². The lowest BCUT2D eigenvalue weighted by Gasteiger charge is -2.62. The second-order valence-corrected chi connectivity index (χ2v) is 10.5. The van der Waals surface area contributed by atoms with Crippen molar-refractivity contribution >= 4 is 16.0 Å². The Morgan fingerprint density at radius 3 is 2.57 bits per heavy atom. The molecule has 2 N–H and O–H groups in total. The van der Waals surface area contributed by atoms with Gasteiger partial charge in [0.25, 0.3) is 0 Å². The summed E-state index contributed by atoms with van der Waals surface area (Å²) >= 11 is 0. The van der Waals surface area contributed by atoms with Crippen LogP contribution in [-0.4, -0.2) is 25.5 Å². The van der Waals surface area contributed by atoms with Crippen molar-refractivity contribution in [3.05, 3.63) is 42.5 Å². The molecular weight excluding hydrogens is 374 g/mol. The zero-order valence-electron chi connectivity index (χ0n) is 16.7. The minimum atomic E-state index is -3.52. The van der Waals surface area contributed by atoms with E-state index in [4.69, 9.17) is 5.11 Å². The standard InChI is InChI=1S/C22H31NO4S/c1-22(2)16-14-19(22)18(12-8-3-4-9-13-21(24)25)20(15-16)23-28(26,27)17-10-6-5-7-11-17/h3,5-8,10-11,16,18-20,23H,4,9,12-15H2,1-2H3,(H,24,25)/b8-3+/t16-,18+,19+,20-/m1/s1. The minimum Gasteiger partial charge on any atom is -0.481 e. The van der Waals surface area contributed by atoms with E-state index in [2.05, 4.69) is 24.6 Å². The molecule has 1 aromatic rings. The van der Waals surface area contributed by atoms with Crippen molar-refractivity contribution in [1.29, 1.82) is 0 Å². The van der Waals surface area contributed by atoms with E-state index in [1.165, 1.54) is 6.42 Å². The van der Waals surface area contributed by atoms with Crippen LogP contribution < -0.4 is 4.72 Å². The van der Waals surface area contributed by atoms with Gasteiger partial charge in [-0.1, -0.05) is 44.2 Å². The molecule has 1 aromatic carbocycles. The molecule has 3 aliphatic carbocycles. The number of unbranched alkanes of at least 4 members (excludes halogenated alkanes) is 1. The SMILES string of the molecule is CC1(C)[C@H]2C[C@@H](NS(=O)(=O)c3ccccc3)[C@@H](C/C=C/CCCC(=O)O)[C@@H]1C2. The van der Waals surface area contributed by atoms with Crippen molar-refractivity contribution in [1.82, 2.24) is 4.72 Å². The first kappa shape index (κ1) is 21.1. The lowest BCUT2D eigenvalue weighted by atomic mass is 9.44. The summed E-state index contributed by atoms with van der Waals surface area (Å²) in [5, 5.41) is 8.72. The van der Waals surface area contributed by atoms with Gasteiger partial charge in [-0.2, -0.15) is 0 Å². The van der Waals surface area contributed by atoms with E-state index in [1.807, 2.05) is 12.1 Å². The van der Waals surface area contributed by atoms with Crippen molar-refractivity contribution in [3.8, 4) is 0 Å². The van der Waals surface area contributed by atoms with Gasteiger partial charge < -0.3 is 5.11 Å². The largest absolute Gasteiger partial charge is 0.481 e. The van der Waals surface area contributed by atoms with Crippen LogP contribution in [0.2, 0.25) is 0 Å². The van der Waals surface area contributed by atoms with Gasteiger partial charge in [-0.15, -0.1) is 0 Å². The molecular formula is C22H31NO4S. The summed E-state index contributed by atoms with van der Waals surface area (Å²) < 4.78 is 28.6. The van der Waals surface area contributed by atoms with Gasteiger partial charge in [0.05, 0.1) is 4.90 Å². The maximum Gasteiger partial charge on any atom is 0.303 e. The average Bonchev–Trinajstić information content (AvgIpc) is 2.65. The van der Waals surface area contributed by atoms with E-state index in [1.54, 1.807) is 24.3 Å². The van der Waals surface area contributed by atoms with Crippen molar-refractivity contribution in [3.63, 3.8) is 0 Å². The summed E-state index contributed by atoms with van der Waals surface area (Å²) in [5.74, 6) is 0.586. The van der Waals surface area contributed by atoms with Crippen LogP contribution in [-0.2, 0) is 14.8 Å². The van der Waals surface area contributed by atoms with Crippen LogP contribution in [0.3, 0.4) is 0 Å². The summed E-state index contributed by atoms with van der Waals surface area (Å²) in [5.41, 5.74) is 0.260. The summed E-state index contributed by atoms with van der Waals surface area (Å²) in [4.78, 5) is 10.9. The Labute approximate surface area is 168 Å². The van der Waals surface area contributed by atoms with Gasteiger partial charge >= 0.3 is 5.97 Å². The molecule has 154 valence electrons. The summed E-state index contributed by atoms with van der Waals surface area (Å²) in [6, 6.07) is 8.52. The Balaban J connectivity index is 1.67. The highest BCUT2D eigenvalue weighted by molar-refractivity contribution is 7.89. The molecule has 3 aliphatic rings. The molecule has 4 atom stereocenters. The van der Waals surface area contributed by atoms with Gasteiger partial charge in [0, 0.05) is 12.5 Å². The molecule has 2 bridgehead atoms. The number of sulfonamides is 1. The van der Waals surface area contributed by atoms with E-state index < -0.39 is 16.0 Å². The zero-order chi connectivity index (χ0) is 20.4. The zero-order valence-corrected chi connectivity index (χ0v) is 17.5. The molecule has 5 nitrogen and oxygen atoms in total. The molecule has 3 fully saturated rings. The smallest absolute Gasteiger partial charge is 0.303 e. The number of carbonyl (C=O) groups is 1. The molecule has 4 rings (SSSR count). The quantitative estimate of drug-likeness (QED) is 0.476. The van der Waals surface area contributed by atoms with Crippen molar-refractivity contribution < 1.29 is 18.3 Å². The van der Waals surface area contributed by atoms with Crippen molar-refractivity contribution in [2.75, 3.05) is 0 Å². The van der Waals surface area contributed by atoms with E-state index in [0.717, 1.165) is 19.3 Å². The van der Waals surface area contributed by atoms with Crippen molar-refractivity contribution in [2.45, 2.75) is 63.3 Å². The Bertz CT molecular complexity index is 816. The molecule has 0 amide bonds. The first-order valence-electron chi connectivity index (χ1n) is 10.2. The Hall–Kier alpha value is -1.66. The first-order valence-corrected chi connectivity index (χ1v) is 11.6. The van der Waals surface area contributed by atoms with E-state index in [9.17, 15) is 13.2 Å². The normalized spacial score (nSPS) is 28.8. The number of hydrogen-bond donors (Lipinski definition) is 2. The van der Waals surface area contributed by atoms with Gasteiger partial charge in [-0.3, -0.25) is 4.79 Å². The van der Waals surface area contributed by atoms with Crippen LogP contribution in [0.25, 0.3) is 0 Å². The summed E-state index contributed by atoms with van der Waals surface area (Å²) in [6.07, 6.45) is 8.61. The van der Waals surface area contributed by atoms with Crippen LogP contribution in [0.1, 0.15) is 52.4 Å². The Morgan fingerprint density at radius 2 is 1.93 bits per heavy atom. The third kappa shape index (κ3) is 4.49. The molecule has 28 heavy (non-hydrogen) atoms. The van der Waals surface area contributed by atoms with E-state index in [0.29, 0.717) is 23.2 Å². The predicted octanol–water partition coefficient (Wildman–Crippen LogP) is 4.22. The topological polar surface area (TPSA) is 83.5 Å². The number of carboxylic acid groups (broad SMARTS) is 1. The van der Waals surface area contributed by atoms with Crippen LogP contribution in [0, 0.1) is 23.2 Å². The number of carboxylic acids is 1. The lowest BCUT2D eigenvalue weighted by molar-refractivity contribution is -0.137. The monoisotopic (exact) mass is 405 g/mol. The number of aliphatic carboxylic acids is 1. The van der Waals surface area contributed by atoms with Crippen molar-refractivity contribution in [2.24, 2.45) is 23.2 Å². The fourth-order valence-electron chi connectivity index (χ4n) is 5.02. The van der Waals surface area contributed by atoms with Crippen LogP contribution >= 0.6 is 0 Å². The van der Waals surface area contributed by atoms with Gasteiger partial charge in [0.15, 0.2) is 0 Å². The molecule has 6 heteroatoms. The lowest BCUT2D eigenvalue weighted by Crippen LogP contribution is -2.61. The maximum atomic E-state index is 12.8. The molecule has 3 saturated carbocycles. The predicted molar refractivity (Wildman–Crippen MR) is 109 cm³/mol. The third-order valence-electron chi connectivity index (χ3n) is 6.81. The second kappa shape index (κ2) is 8.37. The van der Waals surface area contributed by atoms with Gasteiger partial charge in [-0.25, -0.2) is 13.1 Å². The number of hydrogen-bond acceptors (Lipinski definition) is 3. The summed E-state index contributed by atoms with van der Waals surface area (Å²) in [7, 11) is -3.52. The fraction of sp³-hybridized carbons (Fsp3) is 0.591. The molecule has 0 radical (unpaired) electrons. The fourth-order valence-corrected chi connectivity index (χ4v) is 6.34. The molecule has 0 unspecified atom stereocenters. The number of benzene rings is 1. The maximum absolute atomic E-state index is 12.8. The van der Waals surface area contributed by atoms with E-state index in [-0.39, 0.29) is 23.8 Å². The van der Waals surface area contributed by atoms with Gasteiger partial charge in [0.1, 0.15) is 0 Å². The molecule has 0 heterocycles. The number of allylic oxidation sites excluding steroid dienone is 2.